The molecule has 0 aliphatic heterocycles. The molecule has 1 aromatic heterocycles. The summed E-state index contributed by atoms with van der Waals surface area (Å²) in [6, 6.07) is 10.2. The van der Waals surface area contributed by atoms with E-state index in [4.69, 9.17) is 4.98 Å². The van der Waals surface area contributed by atoms with Crippen LogP contribution in [0.25, 0.3) is 0 Å². The smallest absolute Gasteiger partial charge is 0.246 e. The maximum absolute atomic E-state index is 11.9. The molecular weight excluding hydrogens is 310 g/mol. The van der Waals surface area contributed by atoms with Crippen LogP contribution in [0.1, 0.15) is 29.7 Å². The molecule has 0 unspecified atom stereocenters. The third-order valence-corrected chi connectivity index (χ3v) is 3.89. The molecule has 0 saturated carbocycles. The molecule has 2 aromatic rings. The van der Waals surface area contributed by atoms with Crippen LogP contribution >= 0.6 is 0 Å². The van der Waals surface area contributed by atoms with Crippen molar-refractivity contribution in [3.63, 3.8) is 0 Å². The van der Waals surface area contributed by atoms with E-state index >= 15 is 0 Å². The van der Waals surface area contributed by atoms with Crippen molar-refractivity contribution in [3.8, 4) is 0 Å². The van der Waals surface area contributed by atoms with Crippen molar-refractivity contribution < 1.29 is 4.79 Å². The van der Waals surface area contributed by atoms with E-state index in [2.05, 4.69) is 41.8 Å². The van der Waals surface area contributed by atoms with Crippen LogP contribution in [-0.4, -0.2) is 15.5 Å². The van der Waals surface area contributed by atoms with Gasteiger partial charge < -0.3 is 9.88 Å². The normalized spacial score (nSPS) is 10.3. The van der Waals surface area contributed by atoms with Gasteiger partial charge in [-0.05, 0) is 12.5 Å². The predicted molar refractivity (Wildman–Crippen MR) is 102 cm³/mol. The average Bonchev–Trinajstić information content (AvgIpc) is 2.91. The number of allylic oxidation sites excluding steroid dienone is 2. The molecule has 0 spiro atoms. The van der Waals surface area contributed by atoms with Gasteiger partial charge in [-0.15, -0.1) is 13.2 Å². The highest BCUT2D eigenvalue weighted by Gasteiger charge is 2.17. The molecule has 1 heterocycles. The number of rotatable bonds is 9. The number of carbonyl (C=O) groups is 1. The molecular formula is C21H25N3O. The molecule has 130 valence electrons. The summed E-state index contributed by atoms with van der Waals surface area (Å²) in [4.78, 5) is 16.6. The fourth-order valence-electron chi connectivity index (χ4n) is 2.66. The molecule has 4 heteroatoms. The Labute approximate surface area is 149 Å². The Morgan fingerprint density at radius 1 is 1.24 bits per heavy atom. The van der Waals surface area contributed by atoms with E-state index in [-0.39, 0.29) is 5.91 Å². The van der Waals surface area contributed by atoms with Crippen LogP contribution in [0, 0.1) is 0 Å². The van der Waals surface area contributed by atoms with E-state index in [0.717, 1.165) is 23.6 Å². The first-order valence-electron chi connectivity index (χ1n) is 8.33. The molecule has 2 rings (SSSR count). The van der Waals surface area contributed by atoms with Gasteiger partial charge in [-0.25, -0.2) is 4.98 Å². The van der Waals surface area contributed by atoms with Crippen LogP contribution in [0.15, 0.2) is 67.8 Å². The average molecular weight is 335 g/mol. The van der Waals surface area contributed by atoms with E-state index in [1.54, 1.807) is 6.92 Å². The Balaban J connectivity index is 2.38. The highest BCUT2D eigenvalue weighted by molar-refractivity contribution is 5.91. The van der Waals surface area contributed by atoms with Gasteiger partial charge in [0.25, 0.3) is 0 Å². The minimum atomic E-state index is -0.158. The highest BCUT2D eigenvalue weighted by atomic mass is 16.1. The molecule has 0 saturated heterocycles. The first kappa shape index (κ1) is 18.5. The summed E-state index contributed by atoms with van der Waals surface area (Å²) in [6.07, 6.45) is 5.12. The van der Waals surface area contributed by atoms with Gasteiger partial charge in [0.2, 0.25) is 5.91 Å². The second kappa shape index (κ2) is 8.83. The Kier molecular flexibility index (Phi) is 6.52. The molecule has 4 nitrogen and oxygen atoms in total. The summed E-state index contributed by atoms with van der Waals surface area (Å²) in [5.74, 6) is 0.773. The third-order valence-electron chi connectivity index (χ3n) is 3.89. The number of carbonyl (C=O) groups excluding carboxylic acids is 1. The molecule has 1 amide bonds. The fourth-order valence-corrected chi connectivity index (χ4v) is 2.66. The summed E-state index contributed by atoms with van der Waals surface area (Å²) in [6.45, 7) is 14.1. The van der Waals surface area contributed by atoms with Gasteiger partial charge in [-0.3, -0.25) is 4.79 Å². The van der Waals surface area contributed by atoms with Crippen molar-refractivity contribution in [2.75, 3.05) is 0 Å². The van der Waals surface area contributed by atoms with Crippen LogP contribution in [0.4, 0.5) is 0 Å². The van der Waals surface area contributed by atoms with Crippen molar-refractivity contribution in [1.82, 2.24) is 14.9 Å². The fraction of sp³-hybridized carbons (Fsp3) is 0.238. The first-order valence-corrected chi connectivity index (χ1v) is 8.33. The zero-order valence-corrected chi connectivity index (χ0v) is 14.8. The predicted octanol–water partition coefficient (Wildman–Crippen LogP) is 3.58. The zero-order chi connectivity index (χ0) is 18.2. The van der Waals surface area contributed by atoms with Gasteiger partial charge in [0.15, 0.2) is 0 Å². The van der Waals surface area contributed by atoms with Crippen molar-refractivity contribution >= 4 is 5.91 Å². The summed E-state index contributed by atoms with van der Waals surface area (Å²) >= 11 is 0. The lowest BCUT2D eigenvalue weighted by Crippen LogP contribution is -2.24. The van der Waals surface area contributed by atoms with Crippen molar-refractivity contribution in [1.29, 1.82) is 0 Å². The Morgan fingerprint density at radius 3 is 2.56 bits per heavy atom. The number of imidazole rings is 1. The number of nitrogens with zero attached hydrogens (tertiary/aromatic N) is 2. The van der Waals surface area contributed by atoms with Crippen LogP contribution in [0.2, 0.25) is 0 Å². The van der Waals surface area contributed by atoms with Crippen LogP contribution in [0.3, 0.4) is 0 Å². The number of aromatic nitrogens is 2. The number of amides is 1. The van der Waals surface area contributed by atoms with Gasteiger partial charge in [0, 0.05) is 30.7 Å². The summed E-state index contributed by atoms with van der Waals surface area (Å²) in [7, 11) is 0. The maximum Gasteiger partial charge on any atom is 0.246 e. The molecule has 0 aliphatic carbocycles. The molecule has 1 N–H and O–H groups in total. The highest BCUT2D eigenvalue weighted by Crippen LogP contribution is 2.18. The molecule has 0 fully saturated rings. The van der Waals surface area contributed by atoms with Crippen LogP contribution in [-0.2, 0) is 30.7 Å². The minimum absolute atomic E-state index is 0.158. The Hall–Kier alpha value is -2.88. The molecule has 0 aliphatic rings. The van der Waals surface area contributed by atoms with E-state index < -0.39 is 0 Å². The zero-order valence-electron chi connectivity index (χ0n) is 14.8. The second-order valence-electron chi connectivity index (χ2n) is 5.94. The lowest BCUT2D eigenvalue weighted by molar-refractivity contribution is -0.117. The standard InChI is InChI=1S/C21H25N3O/c1-5-10-20-23-18(15-22-21(25)16(3)4)19(24(20)13-6-2)14-17-11-8-7-9-12-17/h5-9,11-12H,1-3,10,13-15H2,4H3,(H,22,25). The Bertz CT molecular complexity index is 772. The lowest BCUT2D eigenvalue weighted by atomic mass is 10.1. The van der Waals surface area contributed by atoms with E-state index in [9.17, 15) is 4.79 Å². The molecule has 0 radical (unpaired) electrons. The monoisotopic (exact) mass is 335 g/mol. The maximum atomic E-state index is 11.9. The van der Waals surface area contributed by atoms with Gasteiger partial charge in [-0.1, -0.05) is 49.1 Å². The van der Waals surface area contributed by atoms with E-state index in [1.165, 1.54) is 5.56 Å². The van der Waals surface area contributed by atoms with Crippen molar-refractivity contribution in [2.24, 2.45) is 0 Å². The summed E-state index contributed by atoms with van der Waals surface area (Å²) < 4.78 is 2.16. The molecule has 0 atom stereocenters. The SMILES string of the molecule is C=CCc1nc(CNC(=O)C(=C)C)c(Cc2ccccc2)n1CC=C. The first-order chi connectivity index (χ1) is 12.1. The molecule has 1 aromatic carbocycles. The largest absolute Gasteiger partial charge is 0.347 e. The summed E-state index contributed by atoms with van der Waals surface area (Å²) in [5.41, 5.74) is 3.65. The van der Waals surface area contributed by atoms with Crippen LogP contribution < -0.4 is 5.32 Å². The van der Waals surface area contributed by atoms with Gasteiger partial charge in [0.05, 0.1) is 12.2 Å². The Morgan fingerprint density at radius 2 is 1.96 bits per heavy atom. The number of nitrogens with one attached hydrogen (secondary N) is 1. The number of hydrogen-bond donors (Lipinski definition) is 1. The van der Waals surface area contributed by atoms with Gasteiger partial charge in [-0.2, -0.15) is 0 Å². The van der Waals surface area contributed by atoms with Gasteiger partial charge >= 0.3 is 0 Å². The van der Waals surface area contributed by atoms with Crippen LogP contribution in [0.5, 0.6) is 0 Å². The molecule has 0 bridgehead atoms. The number of benzene rings is 1. The quantitative estimate of drug-likeness (QED) is 0.562. The lowest BCUT2D eigenvalue weighted by Gasteiger charge is -2.11. The minimum Gasteiger partial charge on any atom is -0.347 e. The third kappa shape index (κ3) is 4.80. The van der Waals surface area contributed by atoms with E-state index in [1.807, 2.05) is 30.4 Å². The summed E-state index contributed by atoms with van der Waals surface area (Å²) in [5, 5.41) is 2.88. The van der Waals surface area contributed by atoms with Crippen molar-refractivity contribution in [2.45, 2.75) is 32.9 Å². The topological polar surface area (TPSA) is 46.9 Å². The van der Waals surface area contributed by atoms with Gasteiger partial charge in [0.1, 0.15) is 5.82 Å². The van der Waals surface area contributed by atoms with E-state index in [0.29, 0.717) is 25.1 Å². The van der Waals surface area contributed by atoms with Crippen molar-refractivity contribution in [3.05, 3.63) is 90.6 Å². The number of hydrogen-bond acceptors (Lipinski definition) is 2. The molecule has 25 heavy (non-hydrogen) atoms. The second-order valence-corrected chi connectivity index (χ2v) is 5.94.